The van der Waals surface area contributed by atoms with Gasteiger partial charge in [-0.05, 0) is 18.9 Å². The zero-order valence-corrected chi connectivity index (χ0v) is 10.9. The average molecular weight is 259 g/mol. The standard InChI is InChI=1S/C14H17N3O2/c1-14(15,11-5-3-2-4-6-11)13-16-12(17-19-13)10-7-8-18-9-10/h2-6,10H,7-9,15H2,1H3. The summed E-state index contributed by atoms with van der Waals surface area (Å²) in [5, 5.41) is 4.04. The summed E-state index contributed by atoms with van der Waals surface area (Å²) in [4.78, 5) is 4.46. The van der Waals surface area contributed by atoms with Crippen molar-refractivity contribution in [2.75, 3.05) is 13.2 Å². The molecule has 19 heavy (non-hydrogen) atoms. The molecule has 100 valence electrons. The van der Waals surface area contributed by atoms with Gasteiger partial charge in [-0.15, -0.1) is 0 Å². The van der Waals surface area contributed by atoms with Crippen molar-refractivity contribution in [1.29, 1.82) is 0 Å². The van der Waals surface area contributed by atoms with Gasteiger partial charge in [0.05, 0.1) is 6.61 Å². The second kappa shape index (κ2) is 4.75. The van der Waals surface area contributed by atoms with Crippen LogP contribution in [0.25, 0.3) is 0 Å². The molecule has 1 aliphatic rings. The smallest absolute Gasteiger partial charge is 0.251 e. The van der Waals surface area contributed by atoms with Crippen LogP contribution in [0.15, 0.2) is 34.9 Å². The first kappa shape index (κ1) is 12.3. The van der Waals surface area contributed by atoms with Crippen LogP contribution in [-0.2, 0) is 10.3 Å². The summed E-state index contributed by atoms with van der Waals surface area (Å²) in [6, 6.07) is 9.77. The summed E-state index contributed by atoms with van der Waals surface area (Å²) in [7, 11) is 0. The van der Waals surface area contributed by atoms with E-state index in [9.17, 15) is 0 Å². The van der Waals surface area contributed by atoms with Crippen molar-refractivity contribution in [2.24, 2.45) is 5.73 Å². The molecular formula is C14H17N3O2. The molecule has 3 rings (SSSR count). The van der Waals surface area contributed by atoms with Crippen molar-refractivity contribution in [3.8, 4) is 0 Å². The quantitative estimate of drug-likeness (QED) is 0.909. The molecule has 0 spiro atoms. The monoisotopic (exact) mass is 259 g/mol. The Hall–Kier alpha value is -1.72. The van der Waals surface area contributed by atoms with Crippen LogP contribution in [0.2, 0.25) is 0 Å². The molecule has 0 aliphatic carbocycles. The number of ether oxygens (including phenoxy) is 1. The number of rotatable bonds is 3. The van der Waals surface area contributed by atoms with Gasteiger partial charge < -0.3 is 15.0 Å². The third-order valence-electron chi connectivity index (χ3n) is 3.55. The Bertz CT molecular complexity index is 545. The molecule has 0 radical (unpaired) electrons. The molecule has 2 unspecified atom stereocenters. The Balaban J connectivity index is 1.89. The Morgan fingerprint density at radius 1 is 1.32 bits per heavy atom. The zero-order valence-electron chi connectivity index (χ0n) is 10.9. The fourth-order valence-corrected chi connectivity index (χ4v) is 2.26. The lowest BCUT2D eigenvalue weighted by Gasteiger charge is -2.20. The minimum atomic E-state index is -0.772. The molecule has 1 aromatic heterocycles. The molecule has 5 nitrogen and oxygen atoms in total. The lowest BCUT2D eigenvalue weighted by molar-refractivity contribution is 0.192. The van der Waals surface area contributed by atoms with Gasteiger partial charge >= 0.3 is 0 Å². The van der Waals surface area contributed by atoms with Crippen LogP contribution >= 0.6 is 0 Å². The molecule has 1 aliphatic heterocycles. The number of benzene rings is 1. The van der Waals surface area contributed by atoms with Crippen LogP contribution in [0.5, 0.6) is 0 Å². The van der Waals surface area contributed by atoms with Crippen LogP contribution in [0.1, 0.15) is 36.5 Å². The molecule has 0 saturated carbocycles. The predicted molar refractivity (Wildman–Crippen MR) is 69.6 cm³/mol. The maximum atomic E-state index is 6.34. The normalized spacial score (nSPS) is 22.3. The number of aromatic nitrogens is 2. The minimum absolute atomic E-state index is 0.226. The van der Waals surface area contributed by atoms with Crippen molar-refractivity contribution < 1.29 is 9.26 Å². The molecule has 5 heteroatoms. The predicted octanol–water partition coefficient (Wildman–Crippen LogP) is 1.80. The Kier molecular flexibility index (Phi) is 3.08. The lowest BCUT2D eigenvalue weighted by Crippen LogP contribution is -2.34. The summed E-state index contributed by atoms with van der Waals surface area (Å²) in [6.07, 6.45) is 0.936. The first-order valence-corrected chi connectivity index (χ1v) is 6.44. The largest absolute Gasteiger partial charge is 0.381 e. The van der Waals surface area contributed by atoms with E-state index in [0.717, 1.165) is 18.6 Å². The van der Waals surface area contributed by atoms with Crippen molar-refractivity contribution in [2.45, 2.75) is 24.8 Å². The van der Waals surface area contributed by atoms with E-state index in [4.69, 9.17) is 15.0 Å². The third-order valence-corrected chi connectivity index (χ3v) is 3.55. The average Bonchev–Trinajstić information content (AvgIpc) is 3.10. The highest BCUT2D eigenvalue weighted by Gasteiger charge is 2.32. The van der Waals surface area contributed by atoms with E-state index < -0.39 is 5.54 Å². The van der Waals surface area contributed by atoms with E-state index >= 15 is 0 Å². The van der Waals surface area contributed by atoms with E-state index in [1.807, 2.05) is 37.3 Å². The SMILES string of the molecule is CC(N)(c1ccccc1)c1nc(C2CCOC2)no1. The van der Waals surface area contributed by atoms with Crippen molar-refractivity contribution in [3.63, 3.8) is 0 Å². The third kappa shape index (κ3) is 2.27. The molecule has 0 bridgehead atoms. The van der Waals surface area contributed by atoms with Crippen LogP contribution in [0.4, 0.5) is 0 Å². The Morgan fingerprint density at radius 2 is 2.11 bits per heavy atom. The number of nitrogens with zero attached hydrogens (tertiary/aromatic N) is 2. The number of hydrogen-bond donors (Lipinski definition) is 1. The molecule has 2 atom stereocenters. The maximum Gasteiger partial charge on any atom is 0.251 e. The zero-order chi connectivity index (χ0) is 13.3. The molecule has 1 saturated heterocycles. The van der Waals surface area contributed by atoms with Crippen molar-refractivity contribution >= 4 is 0 Å². The van der Waals surface area contributed by atoms with E-state index in [1.54, 1.807) is 0 Å². The maximum absolute atomic E-state index is 6.34. The second-order valence-electron chi connectivity index (χ2n) is 5.09. The summed E-state index contributed by atoms with van der Waals surface area (Å²) in [5.41, 5.74) is 6.52. The van der Waals surface area contributed by atoms with Gasteiger partial charge in [-0.25, -0.2) is 0 Å². The van der Waals surface area contributed by atoms with Crippen LogP contribution in [-0.4, -0.2) is 23.4 Å². The fraction of sp³-hybridized carbons (Fsp3) is 0.429. The van der Waals surface area contributed by atoms with Crippen LogP contribution in [0, 0.1) is 0 Å². The molecule has 1 fully saturated rings. The Morgan fingerprint density at radius 3 is 2.79 bits per heavy atom. The second-order valence-corrected chi connectivity index (χ2v) is 5.09. The summed E-state index contributed by atoms with van der Waals surface area (Å²) in [5.74, 6) is 1.37. The molecular weight excluding hydrogens is 242 g/mol. The van der Waals surface area contributed by atoms with Crippen molar-refractivity contribution in [3.05, 3.63) is 47.6 Å². The summed E-state index contributed by atoms with van der Waals surface area (Å²) < 4.78 is 10.7. The van der Waals surface area contributed by atoms with Gasteiger partial charge in [0.2, 0.25) is 0 Å². The Labute approximate surface area is 111 Å². The van der Waals surface area contributed by atoms with Gasteiger partial charge in [-0.3, -0.25) is 0 Å². The van der Waals surface area contributed by atoms with Gasteiger partial charge in [0.25, 0.3) is 5.89 Å². The molecule has 2 N–H and O–H groups in total. The minimum Gasteiger partial charge on any atom is -0.381 e. The van der Waals surface area contributed by atoms with Crippen molar-refractivity contribution in [1.82, 2.24) is 10.1 Å². The van der Waals surface area contributed by atoms with Crippen LogP contribution in [0.3, 0.4) is 0 Å². The van der Waals surface area contributed by atoms with E-state index in [0.29, 0.717) is 18.3 Å². The molecule has 1 aromatic carbocycles. The van der Waals surface area contributed by atoms with Gasteiger partial charge in [0.15, 0.2) is 5.82 Å². The van der Waals surface area contributed by atoms with Crippen LogP contribution < -0.4 is 5.73 Å². The first-order valence-electron chi connectivity index (χ1n) is 6.44. The van der Waals surface area contributed by atoms with Gasteiger partial charge in [-0.1, -0.05) is 35.5 Å². The number of nitrogens with two attached hydrogens (primary N) is 1. The lowest BCUT2D eigenvalue weighted by atomic mass is 9.93. The van der Waals surface area contributed by atoms with E-state index in [2.05, 4.69) is 10.1 Å². The summed E-state index contributed by atoms with van der Waals surface area (Å²) >= 11 is 0. The highest BCUT2D eigenvalue weighted by Crippen LogP contribution is 2.28. The highest BCUT2D eigenvalue weighted by molar-refractivity contribution is 5.29. The summed E-state index contributed by atoms with van der Waals surface area (Å²) in [6.45, 7) is 3.30. The fourth-order valence-electron chi connectivity index (χ4n) is 2.26. The van der Waals surface area contributed by atoms with Gasteiger partial charge in [0.1, 0.15) is 5.54 Å². The van der Waals surface area contributed by atoms with E-state index in [1.165, 1.54) is 0 Å². The van der Waals surface area contributed by atoms with E-state index in [-0.39, 0.29) is 5.92 Å². The first-order chi connectivity index (χ1) is 9.18. The highest BCUT2D eigenvalue weighted by atomic mass is 16.5. The molecule has 0 amide bonds. The molecule has 2 heterocycles. The molecule has 2 aromatic rings. The van der Waals surface area contributed by atoms with Gasteiger partial charge in [-0.2, -0.15) is 4.98 Å². The van der Waals surface area contributed by atoms with Gasteiger partial charge in [0, 0.05) is 12.5 Å². The number of hydrogen-bond acceptors (Lipinski definition) is 5. The topological polar surface area (TPSA) is 74.2 Å².